The number of alkyl halides is 3. The van der Waals surface area contributed by atoms with Crippen molar-refractivity contribution in [3.05, 3.63) is 29.3 Å². The molecule has 0 radical (unpaired) electrons. The van der Waals surface area contributed by atoms with E-state index in [0.717, 1.165) is 17.0 Å². The average molecular weight is 377 g/mol. The lowest BCUT2D eigenvalue weighted by Gasteiger charge is -2.30. The van der Waals surface area contributed by atoms with Crippen molar-refractivity contribution in [2.24, 2.45) is 0 Å². The van der Waals surface area contributed by atoms with Crippen molar-refractivity contribution in [3.63, 3.8) is 0 Å². The van der Waals surface area contributed by atoms with E-state index >= 15 is 0 Å². The van der Waals surface area contributed by atoms with Gasteiger partial charge in [0.1, 0.15) is 0 Å². The van der Waals surface area contributed by atoms with Crippen molar-refractivity contribution in [2.45, 2.75) is 30.0 Å². The summed E-state index contributed by atoms with van der Waals surface area (Å²) in [6.07, 6.45) is -5.76. The zero-order chi connectivity index (χ0) is 18.8. The standard InChI is InChI=1S/C14H14F3N3O4S/c15-14(16,17)11-7-9(8-18)1-2-12(11)25(23,24)19-10-3-5-20(6-4-10)13(21)22/h1-2,7,10,19H,3-6H2,(H,21,22). The largest absolute Gasteiger partial charge is 0.465 e. The molecule has 11 heteroatoms. The molecule has 7 nitrogen and oxygen atoms in total. The quantitative estimate of drug-likeness (QED) is 0.837. The minimum absolute atomic E-state index is 0.0853. The zero-order valence-corrected chi connectivity index (χ0v) is 13.6. The summed E-state index contributed by atoms with van der Waals surface area (Å²) in [7, 11) is -4.48. The van der Waals surface area contributed by atoms with Gasteiger partial charge in [0.2, 0.25) is 10.0 Å². The fraction of sp³-hybridized carbons (Fsp3) is 0.429. The van der Waals surface area contributed by atoms with Crippen molar-refractivity contribution in [3.8, 4) is 6.07 Å². The van der Waals surface area contributed by atoms with Crippen molar-refractivity contribution in [2.75, 3.05) is 13.1 Å². The van der Waals surface area contributed by atoms with Crippen LogP contribution in [-0.4, -0.2) is 43.6 Å². The van der Waals surface area contributed by atoms with Crippen LogP contribution in [0.25, 0.3) is 0 Å². The van der Waals surface area contributed by atoms with Crippen LogP contribution in [0.2, 0.25) is 0 Å². The Hall–Kier alpha value is -2.32. The number of sulfonamides is 1. The number of hydrogen-bond acceptors (Lipinski definition) is 4. The lowest BCUT2D eigenvalue weighted by Crippen LogP contribution is -2.46. The third-order valence-electron chi connectivity index (χ3n) is 3.79. The summed E-state index contributed by atoms with van der Waals surface area (Å²) >= 11 is 0. The number of likely N-dealkylation sites (tertiary alicyclic amines) is 1. The molecule has 136 valence electrons. The second-order valence-corrected chi connectivity index (χ2v) is 7.17. The molecule has 1 amide bonds. The first-order valence-electron chi connectivity index (χ1n) is 7.16. The molecule has 2 rings (SSSR count). The Bertz CT molecular complexity index is 810. The molecule has 1 aliphatic heterocycles. The Kier molecular flexibility index (Phi) is 5.24. The van der Waals surface area contributed by atoms with Crippen LogP contribution in [0.4, 0.5) is 18.0 Å². The van der Waals surface area contributed by atoms with E-state index in [1.807, 2.05) is 0 Å². The van der Waals surface area contributed by atoms with Gasteiger partial charge in [-0.2, -0.15) is 18.4 Å². The number of nitriles is 1. The Labute approximate surface area is 141 Å². The van der Waals surface area contributed by atoms with E-state index in [0.29, 0.717) is 6.07 Å². The summed E-state index contributed by atoms with van der Waals surface area (Å²) in [5, 5.41) is 17.6. The summed E-state index contributed by atoms with van der Waals surface area (Å²) < 4.78 is 66.3. The van der Waals surface area contributed by atoms with Crippen molar-refractivity contribution in [1.82, 2.24) is 9.62 Å². The van der Waals surface area contributed by atoms with E-state index in [9.17, 15) is 26.4 Å². The average Bonchev–Trinajstić information content (AvgIpc) is 2.53. The summed E-state index contributed by atoms with van der Waals surface area (Å²) in [4.78, 5) is 11.0. The van der Waals surface area contributed by atoms with Crippen LogP contribution in [0.15, 0.2) is 23.1 Å². The van der Waals surface area contributed by atoms with E-state index in [1.165, 1.54) is 6.07 Å². The third kappa shape index (κ3) is 4.40. The van der Waals surface area contributed by atoms with Gasteiger partial charge in [0.25, 0.3) is 0 Å². The number of piperidine rings is 1. The molecule has 0 spiro atoms. The molecule has 25 heavy (non-hydrogen) atoms. The molecule has 0 saturated carbocycles. The second-order valence-electron chi connectivity index (χ2n) is 5.49. The molecule has 1 aliphatic rings. The van der Waals surface area contributed by atoms with Crippen LogP contribution in [0, 0.1) is 11.3 Å². The van der Waals surface area contributed by atoms with Gasteiger partial charge in [-0.15, -0.1) is 0 Å². The monoisotopic (exact) mass is 377 g/mol. The molecule has 0 aliphatic carbocycles. The number of carboxylic acid groups (broad SMARTS) is 1. The third-order valence-corrected chi connectivity index (χ3v) is 5.37. The van der Waals surface area contributed by atoms with Crippen LogP contribution >= 0.6 is 0 Å². The Morgan fingerprint density at radius 1 is 1.32 bits per heavy atom. The maximum atomic E-state index is 13.1. The van der Waals surface area contributed by atoms with Gasteiger partial charge in [0.05, 0.1) is 22.1 Å². The van der Waals surface area contributed by atoms with E-state index in [1.54, 1.807) is 0 Å². The Balaban J connectivity index is 2.26. The second kappa shape index (κ2) is 6.89. The molecule has 0 atom stereocenters. The minimum Gasteiger partial charge on any atom is -0.465 e. The van der Waals surface area contributed by atoms with Crippen molar-refractivity contribution < 1.29 is 31.5 Å². The zero-order valence-electron chi connectivity index (χ0n) is 12.7. The molecule has 1 aromatic carbocycles. The highest BCUT2D eigenvalue weighted by Gasteiger charge is 2.38. The molecule has 1 aromatic rings. The molecule has 1 heterocycles. The molecule has 0 unspecified atom stereocenters. The number of hydrogen-bond donors (Lipinski definition) is 2. The summed E-state index contributed by atoms with van der Waals surface area (Å²) in [5.41, 5.74) is -1.72. The molecule has 0 bridgehead atoms. The first-order chi connectivity index (χ1) is 11.5. The number of halogens is 3. The topological polar surface area (TPSA) is 110 Å². The lowest BCUT2D eigenvalue weighted by molar-refractivity contribution is -0.139. The smallest absolute Gasteiger partial charge is 0.417 e. The molecular formula is C14H14F3N3O4S. The summed E-state index contributed by atoms with van der Waals surface area (Å²) in [6.45, 7) is 0.171. The van der Waals surface area contributed by atoms with Crippen molar-refractivity contribution >= 4 is 16.1 Å². The van der Waals surface area contributed by atoms with Crippen LogP contribution in [0.1, 0.15) is 24.0 Å². The van der Waals surface area contributed by atoms with Gasteiger partial charge in [0, 0.05) is 19.1 Å². The van der Waals surface area contributed by atoms with Crippen LogP contribution < -0.4 is 4.72 Å². The van der Waals surface area contributed by atoms with Gasteiger partial charge in [-0.1, -0.05) is 0 Å². The summed E-state index contributed by atoms with van der Waals surface area (Å²) in [6, 6.07) is 3.10. The SMILES string of the molecule is N#Cc1ccc(S(=O)(=O)NC2CCN(C(=O)O)CC2)c(C(F)(F)F)c1. The highest BCUT2D eigenvalue weighted by molar-refractivity contribution is 7.89. The van der Waals surface area contributed by atoms with E-state index in [-0.39, 0.29) is 31.5 Å². The molecule has 1 fully saturated rings. The minimum atomic E-state index is -4.94. The number of nitrogens with one attached hydrogen (secondary N) is 1. The van der Waals surface area contributed by atoms with Crippen LogP contribution in [0.3, 0.4) is 0 Å². The maximum Gasteiger partial charge on any atom is 0.417 e. The van der Waals surface area contributed by atoms with Gasteiger partial charge in [0.15, 0.2) is 0 Å². The molecule has 0 aromatic heterocycles. The molecule has 2 N–H and O–H groups in total. The summed E-state index contributed by atoms with van der Waals surface area (Å²) in [5.74, 6) is 0. The predicted molar refractivity (Wildman–Crippen MR) is 79.1 cm³/mol. The normalized spacial score (nSPS) is 16.5. The van der Waals surface area contributed by atoms with Gasteiger partial charge in [-0.05, 0) is 31.0 Å². The number of nitrogens with zero attached hydrogens (tertiary/aromatic N) is 2. The van der Waals surface area contributed by atoms with Crippen LogP contribution in [0.5, 0.6) is 0 Å². The molecule has 1 saturated heterocycles. The van der Waals surface area contributed by atoms with Gasteiger partial charge in [-0.25, -0.2) is 17.9 Å². The van der Waals surface area contributed by atoms with Crippen LogP contribution in [-0.2, 0) is 16.2 Å². The number of amides is 1. The Morgan fingerprint density at radius 2 is 1.92 bits per heavy atom. The predicted octanol–water partition coefficient (Wildman–Crippen LogP) is 2.00. The number of carbonyl (C=O) groups is 1. The number of benzene rings is 1. The first-order valence-corrected chi connectivity index (χ1v) is 8.64. The number of rotatable bonds is 3. The highest BCUT2D eigenvalue weighted by atomic mass is 32.2. The lowest BCUT2D eigenvalue weighted by atomic mass is 10.1. The van der Waals surface area contributed by atoms with Gasteiger partial charge in [-0.3, -0.25) is 0 Å². The van der Waals surface area contributed by atoms with Crippen molar-refractivity contribution in [1.29, 1.82) is 5.26 Å². The van der Waals surface area contributed by atoms with E-state index in [2.05, 4.69) is 4.72 Å². The highest BCUT2D eigenvalue weighted by Crippen LogP contribution is 2.35. The van der Waals surface area contributed by atoms with E-state index in [4.69, 9.17) is 10.4 Å². The fourth-order valence-corrected chi connectivity index (χ4v) is 4.04. The maximum absolute atomic E-state index is 13.1. The van der Waals surface area contributed by atoms with Gasteiger partial charge >= 0.3 is 12.3 Å². The first kappa shape index (κ1) is 19.0. The van der Waals surface area contributed by atoms with Gasteiger partial charge < -0.3 is 10.0 Å². The van der Waals surface area contributed by atoms with E-state index < -0.39 is 38.8 Å². The fourth-order valence-electron chi connectivity index (χ4n) is 2.53. The Morgan fingerprint density at radius 3 is 2.40 bits per heavy atom. The molecular weight excluding hydrogens is 363 g/mol.